The topological polar surface area (TPSA) is 9.86 Å². The molecule has 12 rings (SSSR count). The number of thiophene rings is 2. The predicted octanol–water partition coefficient (Wildman–Crippen LogP) is 13.2. The lowest BCUT2D eigenvalue weighted by Gasteiger charge is -2.12. The van der Waals surface area contributed by atoms with Gasteiger partial charge in [0, 0.05) is 73.3 Å². The average Bonchev–Trinajstić information content (AvgIpc) is 3.88. The third-order valence-electron chi connectivity index (χ3n) is 10.4. The van der Waals surface area contributed by atoms with Gasteiger partial charge in [0.05, 0.1) is 22.1 Å². The number of rotatable bonds is 2. The molecule has 0 aliphatic carbocycles. The molecule has 0 unspecified atom stereocenters. The third-order valence-corrected chi connectivity index (χ3v) is 12.6. The monoisotopic (exact) mass is 644 g/mol. The number of hydrogen-bond acceptors (Lipinski definition) is 2. The van der Waals surface area contributed by atoms with E-state index < -0.39 is 0 Å². The first-order valence-corrected chi connectivity index (χ1v) is 18.0. The Morgan fingerprint density at radius 1 is 0.333 bits per heavy atom. The van der Waals surface area contributed by atoms with E-state index in [-0.39, 0.29) is 0 Å². The largest absolute Gasteiger partial charge is 0.309 e. The van der Waals surface area contributed by atoms with Crippen LogP contribution in [0.5, 0.6) is 0 Å². The summed E-state index contributed by atoms with van der Waals surface area (Å²) in [6.07, 6.45) is 0. The summed E-state index contributed by atoms with van der Waals surface area (Å²) in [6.45, 7) is 0. The van der Waals surface area contributed by atoms with Gasteiger partial charge in [-0.1, -0.05) is 84.9 Å². The number of nitrogens with zero attached hydrogens (tertiary/aromatic N) is 2. The van der Waals surface area contributed by atoms with Crippen LogP contribution in [0.1, 0.15) is 0 Å². The van der Waals surface area contributed by atoms with Crippen LogP contribution >= 0.6 is 22.7 Å². The van der Waals surface area contributed by atoms with Crippen molar-refractivity contribution < 1.29 is 0 Å². The maximum atomic E-state index is 2.63. The fourth-order valence-electron chi connectivity index (χ4n) is 8.51. The van der Waals surface area contributed by atoms with Crippen molar-refractivity contribution in [3.05, 3.63) is 146 Å². The van der Waals surface area contributed by atoms with Gasteiger partial charge >= 0.3 is 0 Å². The number of fused-ring (bicyclic) bond motifs is 11. The molecule has 0 aliphatic rings. The van der Waals surface area contributed by atoms with Gasteiger partial charge in [-0.25, -0.2) is 0 Å². The SMILES string of the molecule is c1ccc(-n2c3ccccc3c3cc(-n4c5c6c(cc7ccc8cc9sc%10ccccc%10c9c4c8c75)sc4ccccc46)ccc32)cc1. The van der Waals surface area contributed by atoms with Crippen LogP contribution in [0.15, 0.2) is 146 Å². The molecule has 12 aromatic rings. The number of hydrogen-bond donors (Lipinski definition) is 0. The number of benzene rings is 8. The molecule has 0 aliphatic heterocycles. The maximum Gasteiger partial charge on any atom is 0.0640 e. The van der Waals surface area contributed by atoms with E-state index in [9.17, 15) is 0 Å². The van der Waals surface area contributed by atoms with E-state index in [1.54, 1.807) is 0 Å². The van der Waals surface area contributed by atoms with Crippen LogP contribution in [-0.2, 0) is 0 Å². The van der Waals surface area contributed by atoms with E-state index in [4.69, 9.17) is 0 Å². The molecule has 0 saturated heterocycles. The lowest BCUT2D eigenvalue weighted by Crippen LogP contribution is -1.96. The summed E-state index contributed by atoms with van der Waals surface area (Å²) in [5, 5.41) is 13.2. The lowest BCUT2D eigenvalue weighted by atomic mass is 9.98. The molecule has 8 aromatic carbocycles. The molecule has 222 valence electrons. The minimum atomic E-state index is 1.18. The summed E-state index contributed by atoms with van der Waals surface area (Å²) >= 11 is 3.81. The highest BCUT2D eigenvalue weighted by molar-refractivity contribution is 7.26. The van der Waals surface area contributed by atoms with Gasteiger partial charge in [-0.15, -0.1) is 22.7 Å². The van der Waals surface area contributed by atoms with Gasteiger partial charge in [-0.3, -0.25) is 0 Å². The molecule has 0 N–H and O–H groups in total. The molecular formula is C44H24N2S2. The molecular weight excluding hydrogens is 621 g/mol. The Kier molecular flexibility index (Phi) is 4.77. The summed E-state index contributed by atoms with van der Waals surface area (Å²) in [5.41, 5.74) is 7.45. The van der Waals surface area contributed by atoms with Gasteiger partial charge in [0.15, 0.2) is 0 Å². The summed E-state index contributed by atoms with van der Waals surface area (Å²) in [6, 6.07) is 54.1. The smallest absolute Gasteiger partial charge is 0.0640 e. The van der Waals surface area contributed by atoms with Gasteiger partial charge < -0.3 is 9.13 Å². The zero-order chi connectivity index (χ0) is 31.1. The van der Waals surface area contributed by atoms with Crippen molar-refractivity contribution in [3.8, 4) is 11.4 Å². The van der Waals surface area contributed by atoms with Gasteiger partial charge in [0.2, 0.25) is 0 Å². The molecule has 48 heavy (non-hydrogen) atoms. The van der Waals surface area contributed by atoms with E-state index >= 15 is 0 Å². The molecule has 0 radical (unpaired) electrons. The molecule has 0 fully saturated rings. The molecule has 2 nitrogen and oxygen atoms in total. The highest BCUT2D eigenvalue weighted by atomic mass is 32.1. The first kappa shape index (κ1) is 25.4. The first-order chi connectivity index (χ1) is 23.8. The van der Waals surface area contributed by atoms with Crippen molar-refractivity contribution in [2.24, 2.45) is 0 Å². The van der Waals surface area contributed by atoms with Crippen LogP contribution in [0.4, 0.5) is 0 Å². The molecule has 0 atom stereocenters. The Balaban J connectivity index is 1.34. The van der Waals surface area contributed by atoms with Crippen LogP contribution in [0, 0.1) is 0 Å². The molecule has 0 amide bonds. The Labute approximate surface area is 282 Å². The van der Waals surface area contributed by atoms with E-state index in [0.29, 0.717) is 0 Å². The van der Waals surface area contributed by atoms with Gasteiger partial charge in [0.25, 0.3) is 0 Å². The fraction of sp³-hybridized carbons (Fsp3) is 0. The second-order valence-corrected chi connectivity index (χ2v) is 15.0. The van der Waals surface area contributed by atoms with Crippen molar-refractivity contribution in [1.82, 2.24) is 9.13 Å². The third kappa shape index (κ3) is 3.12. The van der Waals surface area contributed by atoms with Crippen molar-refractivity contribution in [2.75, 3.05) is 0 Å². The average molecular weight is 645 g/mol. The lowest BCUT2D eigenvalue weighted by molar-refractivity contribution is 1.17. The van der Waals surface area contributed by atoms with Crippen molar-refractivity contribution in [3.63, 3.8) is 0 Å². The summed E-state index contributed by atoms with van der Waals surface area (Å²) in [5.74, 6) is 0. The normalized spacial score (nSPS) is 12.6. The highest BCUT2D eigenvalue weighted by Crippen LogP contribution is 2.51. The van der Waals surface area contributed by atoms with E-state index in [1.807, 2.05) is 22.7 Å². The van der Waals surface area contributed by atoms with Gasteiger partial charge in [-0.05, 0) is 71.4 Å². The maximum absolute atomic E-state index is 2.63. The van der Waals surface area contributed by atoms with Gasteiger partial charge in [-0.2, -0.15) is 0 Å². The van der Waals surface area contributed by atoms with E-state index in [0.717, 1.165) is 0 Å². The Hall–Kier alpha value is -5.68. The Morgan fingerprint density at radius 3 is 1.52 bits per heavy atom. The second-order valence-electron chi connectivity index (χ2n) is 12.9. The van der Waals surface area contributed by atoms with Crippen LogP contribution in [0.2, 0.25) is 0 Å². The Morgan fingerprint density at radius 2 is 0.875 bits per heavy atom. The molecule has 4 heteroatoms. The van der Waals surface area contributed by atoms with Crippen LogP contribution in [0.25, 0.3) is 106 Å². The fourth-order valence-corrected chi connectivity index (χ4v) is 10.8. The standard InChI is InChI=1S/C44H24N2S2/c1-2-10-27(11-3-1)45-33-15-7-4-12-29(33)32-24-28(20-21-34(32)45)46-43-39-25(22-37-41(43)30-13-5-8-16-35(30)47-37)18-19-26-23-38-42(44(46)40(26)39)31-14-6-9-17-36(31)48-38/h1-24H. The summed E-state index contributed by atoms with van der Waals surface area (Å²) in [4.78, 5) is 0. The van der Waals surface area contributed by atoms with Crippen molar-refractivity contribution in [2.45, 2.75) is 0 Å². The molecule has 0 saturated carbocycles. The van der Waals surface area contributed by atoms with Crippen LogP contribution in [-0.4, -0.2) is 9.13 Å². The summed E-state index contributed by atoms with van der Waals surface area (Å²) in [7, 11) is 0. The second kappa shape index (κ2) is 9.02. The zero-order valence-electron chi connectivity index (χ0n) is 25.6. The molecule has 4 heterocycles. The van der Waals surface area contributed by atoms with Gasteiger partial charge in [0.1, 0.15) is 0 Å². The quantitative estimate of drug-likeness (QED) is 0.166. The Bertz CT molecular complexity index is 3140. The molecule has 0 spiro atoms. The zero-order valence-corrected chi connectivity index (χ0v) is 27.2. The minimum absolute atomic E-state index is 1.18. The summed E-state index contributed by atoms with van der Waals surface area (Å²) < 4.78 is 10.4. The first-order valence-electron chi connectivity index (χ1n) is 16.4. The predicted molar refractivity (Wildman–Crippen MR) is 210 cm³/mol. The minimum Gasteiger partial charge on any atom is -0.309 e. The molecule has 4 aromatic heterocycles. The highest BCUT2D eigenvalue weighted by Gasteiger charge is 2.25. The van der Waals surface area contributed by atoms with E-state index in [2.05, 4.69) is 155 Å². The van der Waals surface area contributed by atoms with Crippen LogP contribution < -0.4 is 0 Å². The van der Waals surface area contributed by atoms with E-state index in [1.165, 1.54) is 106 Å². The molecule has 0 bridgehead atoms. The van der Waals surface area contributed by atoms with Crippen LogP contribution in [0.3, 0.4) is 0 Å². The number of aromatic nitrogens is 2. The van der Waals surface area contributed by atoms with Crippen molar-refractivity contribution >= 4 is 117 Å². The number of para-hydroxylation sites is 2. The van der Waals surface area contributed by atoms with Crippen molar-refractivity contribution in [1.29, 1.82) is 0 Å².